The first-order valence-corrected chi connectivity index (χ1v) is 7.07. The Kier molecular flexibility index (Phi) is 3.17. The van der Waals surface area contributed by atoms with Gasteiger partial charge in [-0.15, -0.1) is 0 Å². The Morgan fingerprint density at radius 2 is 2.05 bits per heavy atom. The molecule has 22 heavy (non-hydrogen) atoms. The standard InChI is InChI=1S/C14H13ClF3NO3/c1-7(12(21)4-5-12)13(14(16,17)18)9-6-8(15)2-3-10(9)19-11(20)22-13/h2-3,6-7,21H,4-5H2,1H3,(H,19,20)/t7?,13-/m0/s1. The minimum Gasteiger partial charge on any atom is -0.427 e. The molecule has 3 rings (SSSR count). The largest absolute Gasteiger partial charge is 0.433 e. The number of ether oxygens (including phenoxy) is 1. The number of amides is 1. The van der Waals surface area contributed by atoms with Crippen molar-refractivity contribution in [3.8, 4) is 0 Å². The highest BCUT2D eigenvalue weighted by molar-refractivity contribution is 6.30. The molecule has 1 saturated carbocycles. The molecule has 0 bridgehead atoms. The minimum absolute atomic E-state index is 0.0194. The summed E-state index contributed by atoms with van der Waals surface area (Å²) >= 11 is 5.83. The summed E-state index contributed by atoms with van der Waals surface area (Å²) in [5.74, 6) is -1.36. The second kappa shape index (κ2) is 4.52. The van der Waals surface area contributed by atoms with Gasteiger partial charge < -0.3 is 9.84 Å². The highest BCUT2D eigenvalue weighted by Gasteiger charge is 2.70. The van der Waals surface area contributed by atoms with E-state index in [-0.39, 0.29) is 29.1 Å². The van der Waals surface area contributed by atoms with Crippen molar-refractivity contribution in [2.45, 2.75) is 37.1 Å². The lowest BCUT2D eigenvalue weighted by Crippen LogP contribution is -2.57. The number of hydrogen-bond donors (Lipinski definition) is 2. The number of cyclic esters (lactones) is 1. The Hall–Kier alpha value is -1.47. The van der Waals surface area contributed by atoms with Crippen LogP contribution >= 0.6 is 11.6 Å². The van der Waals surface area contributed by atoms with Crippen LogP contribution in [0.2, 0.25) is 5.02 Å². The van der Waals surface area contributed by atoms with E-state index >= 15 is 0 Å². The number of benzene rings is 1. The molecule has 8 heteroatoms. The van der Waals surface area contributed by atoms with Gasteiger partial charge in [-0.1, -0.05) is 18.5 Å². The second-order valence-electron chi connectivity index (χ2n) is 5.76. The van der Waals surface area contributed by atoms with Crippen molar-refractivity contribution in [1.29, 1.82) is 0 Å². The highest BCUT2D eigenvalue weighted by atomic mass is 35.5. The molecule has 1 unspecified atom stereocenters. The number of halogens is 4. The fourth-order valence-corrected chi connectivity index (χ4v) is 3.16. The van der Waals surface area contributed by atoms with Crippen LogP contribution in [-0.4, -0.2) is 23.0 Å². The van der Waals surface area contributed by atoms with Crippen LogP contribution in [0.3, 0.4) is 0 Å². The molecule has 0 radical (unpaired) electrons. The van der Waals surface area contributed by atoms with Crippen LogP contribution in [0, 0.1) is 5.92 Å². The van der Waals surface area contributed by atoms with Crippen molar-refractivity contribution >= 4 is 23.4 Å². The molecule has 2 aliphatic rings. The average Bonchev–Trinajstić information content (AvgIpc) is 3.15. The van der Waals surface area contributed by atoms with Gasteiger partial charge in [0, 0.05) is 16.5 Å². The number of anilines is 1. The van der Waals surface area contributed by atoms with Crippen LogP contribution in [0.4, 0.5) is 23.7 Å². The first kappa shape index (κ1) is 15.4. The normalized spacial score (nSPS) is 27.5. The van der Waals surface area contributed by atoms with Crippen LogP contribution in [0.5, 0.6) is 0 Å². The summed E-state index contributed by atoms with van der Waals surface area (Å²) in [6.07, 6.45) is -5.65. The van der Waals surface area contributed by atoms with Crippen LogP contribution in [0.15, 0.2) is 18.2 Å². The zero-order chi connectivity index (χ0) is 16.3. The monoisotopic (exact) mass is 335 g/mol. The lowest BCUT2D eigenvalue weighted by molar-refractivity contribution is -0.294. The van der Waals surface area contributed by atoms with Crippen molar-refractivity contribution in [2.75, 3.05) is 5.32 Å². The van der Waals surface area contributed by atoms with Gasteiger partial charge in [-0.05, 0) is 31.0 Å². The minimum atomic E-state index is -4.90. The fourth-order valence-electron chi connectivity index (χ4n) is 2.99. The van der Waals surface area contributed by atoms with E-state index in [0.29, 0.717) is 0 Å². The Morgan fingerprint density at radius 1 is 1.41 bits per heavy atom. The summed E-state index contributed by atoms with van der Waals surface area (Å²) in [5.41, 5.74) is -4.75. The van der Waals surface area contributed by atoms with Crippen molar-refractivity contribution in [2.24, 2.45) is 5.92 Å². The molecule has 1 aliphatic heterocycles. The molecule has 1 aromatic carbocycles. The highest BCUT2D eigenvalue weighted by Crippen LogP contribution is 2.59. The Labute approximate surface area is 129 Å². The van der Waals surface area contributed by atoms with Crippen molar-refractivity contribution in [1.82, 2.24) is 0 Å². The number of carbonyl (C=O) groups is 1. The number of fused-ring (bicyclic) bond motifs is 1. The first-order chi connectivity index (χ1) is 10.1. The van der Waals surface area contributed by atoms with Gasteiger partial charge in [-0.25, -0.2) is 4.79 Å². The molecule has 4 nitrogen and oxygen atoms in total. The lowest BCUT2D eigenvalue weighted by Gasteiger charge is -2.45. The van der Waals surface area contributed by atoms with Crippen LogP contribution in [-0.2, 0) is 10.3 Å². The second-order valence-corrected chi connectivity index (χ2v) is 6.20. The molecular formula is C14H13ClF3NO3. The maximum atomic E-state index is 13.9. The van der Waals surface area contributed by atoms with Crippen LogP contribution in [0.25, 0.3) is 0 Å². The maximum absolute atomic E-state index is 13.9. The van der Waals surface area contributed by atoms with Gasteiger partial charge in [-0.3, -0.25) is 5.32 Å². The molecule has 2 N–H and O–H groups in total. The Morgan fingerprint density at radius 3 is 2.59 bits per heavy atom. The molecule has 1 amide bonds. The van der Waals surface area contributed by atoms with E-state index in [2.05, 4.69) is 5.32 Å². The Bertz CT molecular complexity index is 645. The van der Waals surface area contributed by atoms with Crippen LogP contribution in [0.1, 0.15) is 25.3 Å². The van der Waals surface area contributed by atoms with Gasteiger partial charge in [0.25, 0.3) is 0 Å². The molecule has 0 aromatic heterocycles. The SMILES string of the molecule is CC(C1(O)CC1)[C@]1(C(F)(F)F)OC(=O)Nc2ccc(Cl)cc21. The summed E-state index contributed by atoms with van der Waals surface area (Å²) in [4.78, 5) is 11.7. The lowest BCUT2D eigenvalue weighted by atomic mass is 9.75. The molecule has 1 fully saturated rings. The van der Waals surface area contributed by atoms with E-state index in [9.17, 15) is 23.1 Å². The van der Waals surface area contributed by atoms with Gasteiger partial charge in [-0.2, -0.15) is 13.2 Å². The van der Waals surface area contributed by atoms with Gasteiger partial charge in [0.05, 0.1) is 11.3 Å². The fraction of sp³-hybridized carbons (Fsp3) is 0.500. The van der Waals surface area contributed by atoms with E-state index in [1.54, 1.807) is 0 Å². The molecule has 1 aromatic rings. The Balaban J connectivity index is 2.26. The third-order valence-electron chi connectivity index (χ3n) is 4.47. The van der Waals surface area contributed by atoms with E-state index in [1.165, 1.54) is 19.1 Å². The number of carbonyl (C=O) groups excluding carboxylic acids is 1. The van der Waals surface area contributed by atoms with Crippen molar-refractivity contribution in [3.63, 3.8) is 0 Å². The molecule has 0 spiro atoms. The zero-order valence-corrected chi connectivity index (χ0v) is 12.3. The number of rotatable bonds is 2. The van der Waals surface area contributed by atoms with E-state index in [1.807, 2.05) is 0 Å². The number of aliphatic hydroxyl groups is 1. The van der Waals surface area contributed by atoms with Crippen molar-refractivity contribution in [3.05, 3.63) is 28.8 Å². The van der Waals surface area contributed by atoms with E-state index < -0.39 is 29.4 Å². The summed E-state index contributed by atoms with van der Waals surface area (Å²) in [6, 6.07) is 3.79. The smallest absolute Gasteiger partial charge is 0.427 e. The molecule has 1 aliphatic carbocycles. The van der Waals surface area contributed by atoms with E-state index in [0.717, 1.165) is 6.07 Å². The average molecular weight is 336 g/mol. The molecular weight excluding hydrogens is 323 g/mol. The van der Waals surface area contributed by atoms with E-state index in [4.69, 9.17) is 16.3 Å². The summed E-state index contributed by atoms with van der Waals surface area (Å²) in [7, 11) is 0. The molecule has 120 valence electrons. The topological polar surface area (TPSA) is 58.6 Å². The van der Waals surface area contributed by atoms with Gasteiger partial charge >= 0.3 is 12.3 Å². The summed E-state index contributed by atoms with van der Waals surface area (Å²) in [6.45, 7) is 1.24. The number of nitrogens with one attached hydrogen (secondary N) is 1. The molecule has 0 saturated heterocycles. The van der Waals surface area contributed by atoms with Gasteiger partial charge in [0.1, 0.15) is 0 Å². The quantitative estimate of drug-likeness (QED) is 0.863. The predicted molar refractivity (Wildman–Crippen MR) is 72.6 cm³/mol. The molecule has 1 heterocycles. The van der Waals surface area contributed by atoms with Crippen LogP contribution < -0.4 is 5.32 Å². The first-order valence-electron chi connectivity index (χ1n) is 6.69. The van der Waals surface area contributed by atoms with Gasteiger partial charge in [0.2, 0.25) is 5.60 Å². The third kappa shape index (κ3) is 2.06. The number of alkyl halides is 3. The summed E-state index contributed by atoms with van der Waals surface area (Å²) in [5, 5.41) is 12.5. The number of hydrogen-bond acceptors (Lipinski definition) is 3. The predicted octanol–water partition coefficient (Wildman–Crippen LogP) is 3.82. The third-order valence-corrected chi connectivity index (χ3v) is 4.71. The maximum Gasteiger partial charge on any atom is 0.433 e. The zero-order valence-electron chi connectivity index (χ0n) is 11.5. The van der Waals surface area contributed by atoms with Gasteiger partial charge in [0.15, 0.2) is 0 Å². The summed E-state index contributed by atoms with van der Waals surface area (Å²) < 4.78 is 46.5. The molecule has 2 atom stereocenters. The van der Waals surface area contributed by atoms with Crippen molar-refractivity contribution < 1.29 is 27.8 Å².